The summed E-state index contributed by atoms with van der Waals surface area (Å²) in [4.78, 5) is 11.5. The molecule has 3 nitrogen and oxygen atoms in total. The van der Waals surface area contributed by atoms with Crippen molar-refractivity contribution in [3.63, 3.8) is 0 Å². The molecule has 0 amide bonds. The highest BCUT2D eigenvalue weighted by molar-refractivity contribution is 5.87. The zero-order valence-corrected chi connectivity index (χ0v) is 11.9. The van der Waals surface area contributed by atoms with Crippen molar-refractivity contribution in [1.82, 2.24) is 0 Å². The van der Waals surface area contributed by atoms with Gasteiger partial charge in [0.25, 0.3) is 0 Å². The van der Waals surface area contributed by atoms with E-state index in [4.69, 9.17) is 0 Å². The van der Waals surface area contributed by atoms with Gasteiger partial charge in [-0.15, -0.1) is 0 Å². The van der Waals surface area contributed by atoms with Gasteiger partial charge in [0.1, 0.15) is 11.9 Å². The van der Waals surface area contributed by atoms with Gasteiger partial charge in [0, 0.05) is 12.3 Å². The Labute approximate surface area is 120 Å². The van der Waals surface area contributed by atoms with E-state index in [0.29, 0.717) is 24.5 Å². The third kappa shape index (κ3) is 2.64. The van der Waals surface area contributed by atoms with Crippen LogP contribution in [0.1, 0.15) is 51.4 Å². The zero-order chi connectivity index (χ0) is 14.1. The number of fused-ring (bicyclic) bond motifs is 1. The molecule has 5 atom stereocenters. The molecule has 3 heteroatoms. The number of carbonyl (C=O) groups excluding carboxylic acids is 1. The van der Waals surface area contributed by atoms with Crippen LogP contribution >= 0.6 is 0 Å². The van der Waals surface area contributed by atoms with Gasteiger partial charge in [-0.3, -0.25) is 4.79 Å². The Morgan fingerprint density at radius 3 is 2.55 bits per heavy atom. The summed E-state index contributed by atoms with van der Waals surface area (Å²) in [5.41, 5.74) is 0. The summed E-state index contributed by atoms with van der Waals surface area (Å²) in [6.07, 6.45) is 6.85. The fourth-order valence-corrected chi connectivity index (χ4v) is 4.12. The zero-order valence-electron chi connectivity index (χ0n) is 11.9. The van der Waals surface area contributed by atoms with Crippen molar-refractivity contribution in [3.8, 4) is 11.8 Å². The van der Waals surface area contributed by atoms with Crippen molar-refractivity contribution in [2.24, 2.45) is 23.7 Å². The maximum absolute atomic E-state index is 11.5. The average molecular weight is 276 g/mol. The van der Waals surface area contributed by atoms with Crippen molar-refractivity contribution >= 4 is 5.78 Å². The van der Waals surface area contributed by atoms with Crippen molar-refractivity contribution in [2.45, 2.75) is 63.6 Å². The number of ketones is 1. The molecule has 110 valence electrons. The van der Waals surface area contributed by atoms with Gasteiger partial charge in [-0.05, 0) is 37.5 Å². The second-order valence-electron chi connectivity index (χ2n) is 6.74. The molecule has 2 N–H and O–H groups in total. The number of Topliss-reactive ketones (excluding diaryl/α,β-unsaturated/α-hetero) is 1. The summed E-state index contributed by atoms with van der Waals surface area (Å²) >= 11 is 0. The predicted molar refractivity (Wildman–Crippen MR) is 75.7 cm³/mol. The topological polar surface area (TPSA) is 57.5 Å². The van der Waals surface area contributed by atoms with E-state index in [2.05, 4.69) is 11.8 Å². The van der Waals surface area contributed by atoms with Crippen molar-refractivity contribution in [3.05, 3.63) is 0 Å². The molecule has 0 aromatic rings. The van der Waals surface area contributed by atoms with Crippen LogP contribution < -0.4 is 0 Å². The number of aliphatic hydroxyl groups excluding tert-OH is 2. The third-order valence-corrected chi connectivity index (χ3v) is 5.51. The molecular weight excluding hydrogens is 252 g/mol. The summed E-state index contributed by atoms with van der Waals surface area (Å²) in [5.74, 6) is 7.00. The second kappa shape index (κ2) is 5.87. The van der Waals surface area contributed by atoms with Gasteiger partial charge in [-0.2, -0.15) is 0 Å². The molecule has 0 unspecified atom stereocenters. The minimum absolute atomic E-state index is 0.107. The number of hydrogen-bond acceptors (Lipinski definition) is 3. The highest BCUT2D eigenvalue weighted by atomic mass is 16.3. The maximum atomic E-state index is 11.5. The smallest absolute Gasteiger partial charge is 0.136 e. The van der Waals surface area contributed by atoms with Gasteiger partial charge in [0.05, 0.1) is 12.0 Å². The van der Waals surface area contributed by atoms with Crippen LogP contribution in [0.3, 0.4) is 0 Å². The SMILES string of the molecule is O=C1C[C@H]2[C@@H](C#C[C@@H](O)C3CCCCC3)[C@H](O)CC[C@H]12. The van der Waals surface area contributed by atoms with Crippen LogP contribution in [0.25, 0.3) is 0 Å². The average Bonchev–Trinajstić information content (AvgIpc) is 2.46. The van der Waals surface area contributed by atoms with Gasteiger partial charge in [-0.1, -0.05) is 31.1 Å². The lowest BCUT2D eigenvalue weighted by Crippen LogP contribution is -2.49. The van der Waals surface area contributed by atoms with E-state index >= 15 is 0 Å². The molecule has 3 saturated carbocycles. The highest BCUT2D eigenvalue weighted by Gasteiger charge is 2.48. The van der Waals surface area contributed by atoms with Crippen LogP contribution in [0.5, 0.6) is 0 Å². The van der Waals surface area contributed by atoms with E-state index in [-0.39, 0.29) is 17.8 Å². The Kier molecular flexibility index (Phi) is 4.14. The number of carbonyl (C=O) groups is 1. The molecule has 3 rings (SSSR count). The Morgan fingerprint density at radius 1 is 1.10 bits per heavy atom. The Hall–Kier alpha value is -0.850. The summed E-state index contributed by atoms with van der Waals surface area (Å²) in [6.45, 7) is 0. The Bertz CT molecular complexity index is 427. The van der Waals surface area contributed by atoms with Gasteiger partial charge >= 0.3 is 0 Å². The van der Waals surface area contributed by atoms with Crippen LogP contribution in [-0.2, 0) is 4.79 Å². The molecule has 0 radical (unpaired) electrons. The fraction of sp³-hybridized carbons (Fsp3) is 0.824. The molecule has 0 aliphatic heterocycles. The molecule has 0 bridgehead atoms. The van der Waals surface area contributed by atoms with Crippen LogP contribution in [0.2, 0.25) is 0 Å². The van der Waals surface area contributed by atoms with E-state index in [1.165, 1.54) is 19.3 Å². The Balaban J connectivity index is 1.63. The van der Waals surface area contributed by atoms with Gasteiger partial charge in [-0.25, -0.2) is 0 Å². The number of aliphatic hydroxyl groups is 2. The van der Waals surface area contributed by atoms with Crippen LogP contribution in [0.4, 0.5) is 0 Å². The minimum Gasteiger partial charge on any atom is -0.392 e. The van der Waals surface area contributed by atoms with E-state index in [0.717, 1.165) is 19.3 Å². The van der Waals surface area contributed by atoms with E-state index < -0.39 is 12.2 Å². The molecule has 0 saturated heterocycles. The quantitative estimate of drug-likeness (QED) is 0.719. The van der Waals surface area contributed by atoms with E-state index in [1.54, 1.807) is 0 Å². The molecule has 20 heavy (non-hydrogen) atoms. The molecule has 3 fully saturated rings. The van der Waals surface area contributed by atoms with Crippen molar-refractivity contribution in [1.29, 1.82) is 0 Å². The standard InChI is InChI=1S/C17H24O3/c18-15(11-4-2-1-3-5-11)8-6-12-14-10-17(20)13(14)7-9-16(12)19/h11-16,18-19H,1-5,7,9-10H2/t12-,13+,14+,15-,16-/m1/s1. The molecule has 0 heterocycles. The van der Waals surface area contributed by atoms with E-state index in [9.17, 15) is 15.0 Å². The third-order valence-electron chi connectivity index (χ3n) is 5.51. The summed E-state index contributed by atoms with van der Waals surface area (Å²) in [6, 6.07) is 0. The fourth-order valence-electron chi connectivity index (χ4n) is 4.12. The monoisotopic (exact) mass is 276 g/mol. The first-order chi connectivity index (χ1) is 9.66. The lowest BCUT2D eigenvalue weighted by molar-refractivity contribution is -0.141. The van der Waals surface area contributed by atoms with Crippen LogP contribution in [0, 0.1) is 35.5 Å². The second-order valence-corrected chi connectivity index (χ2v) is 6.74. The molecule has 3 aliphatic carbocycles. The number of hydrogen-bond donors (Lipinski definition) is 2. The van der Waals surface area contributed by atoms with Crippen molar-refractivity contribution in [2.75, 3.05) is 0 Å². The molecule has 0 spiro atoms. The molecule has 0 aromatic heterocycles. The van der Waals surface area contributed by atoms with E-state index in [1.807, 2.05) is 0 Å². The first-order valence-corrected chi connectivity index (χ1v) is 8.06. The number of rotatable bonds is 1. The maximum Gasteiger partial charge on any atom is 0.136 e. The van der Waals surface area contributed by atoms with Gasteiger partial charge in [0.15, 0.2) is 0 Å². The lowest BCUT2D eigenvalue weighted by Gasteiger charge is -2.44. The largest absolute Gasteiger partial charge is 0.392 e. The van der Waals surface area contributed by atoms with Gasteiger partial charge in [0.2, 0.25) is 0 Å². The lowest BCUT2D eigenvalue weighted by atomic mass is 9.59. The summed E-state index contributed by atoms with van der Waals surface area (Å²) in [7, 11) is 0. The molecule has 0 aromatic carbocycles. The van der Waals surface area contributed by atoms with Crippen LogP contribution in [0.15, 0.2) is 0 Å². The molecule has 3 aliphatic rings. The summed E-state index contributed by atoms with van der Waals surface area (Å²) in [5, 5.41) is 20.3. The van der Waals surface area contributed by atoms with Gasteiger partial charge < -0.3 is 10.2 Å². The Morgan fingerprint density at radius 2 is 1.85 bits per heavy atom. The first kappa shape index (κ1) is 14.1. The van der Waals surface area contributed by atoms with Crippen LogP contribution in [-0.4, -0.2) is 28.2 Å². The molecular formula is C17H24O3. The normalized spacial score (nSPS) is 39.2. The van der Waals surface area contributed by atoms with Crippen molar-refractivity contribution < 1.29 is 15.0 Å². The minimum atomic E-state index is -0.557. The highest BCUT2D eigenvalue weighted by Crippen LogP contribution is 2.45. The first-order valence-electron chi connectivity index (χ1n) is 8.06. The predicted octanol–water partition coefficient (Wildman–Crippen LogP) is 1.91. The summed E-state index contributed by atoms with van der Waals surface area (Å²) < 4.78 is 0.